The molecule has 0 aromatic heterocycles. The van der Waals surface area contributed by atoms with Crippen LogP contribution in [-0.4, -0.2) is 45.3 Å². The van der Waals surface area contributed by atoms with Gasteiger partial charge in [0.1, 0.15) is 6.54 Å². The van der Waals surface area contributed by atoms with Crippen molar-refractivity contribution in [3.8, 4) is 6.07 Å². The molecule has 0 aliphatic rings. The zero-order valence-electron chi connectivity index (χ0n) is 8.56. The van der Waals surface area contributed by atoms with Crippen molar-refractivity contribution < 1.29 is 13.2 Å². The predicted molar refractivity (Wildman–Crippen MR) is 53.1 cm³/mol. The summed E-state index contributed by atoms with van der Waals surface area (Å²) in [6, 6.07) is 1.84. The molecule has 0 heterocycles. The van der Waals surface area contributed by atoms with Crippen LogP contribution in [0.15, 0.2) is 0 Å². The first kappa shape index (κ1) is 13.4. The summed E-state index contributed by atoms with van der Waals surface area (Å²) in [5.74, 6) is -0.0643. The summed E-state index contributed by atoms with van der Waals surface area (Å²) in [5, 5.41) is 8.46. The lowest BCUT2D eigenvalue weighted by Crippen LogP contribution is -2.35. The summed E-state index contributed by atoms with van der Waals surface area (Å²) in [6.07, 6.45) is 0.702. The summed E-state index contributed by atoms with van der Waals surface area (Å²) in [5.41, 5.74) is 0. The lowest BCUT2D eigenvalue weighted by molar-refractivity contribution is 0.215. The topological polar surface area (TPSA) is 70.4 Å². The molecule has 0 saturated heterocycles. The van der Waals surface area contributed by atoms with E-state index in [0.29, 0.717) is 13.0 Å². The predicted octanol–water partition coefficient (Wildman–Crippen LogP) is 0.198. The molecular weight excluding hydrogens is 204 g/mol. The van der Waals surface area contributed by atoms with Crippen LogP contribution in [0.2, 0.25) is 0 Å². The Labute approximate surface area is 85.3 Å². The van der Waals surface area contributed by atoms with Crippen molar-refractivity contribution in [1.29, 1.82) is 5.26 Å². The van der Waals surface area contributed by atoms with Gasteiger partial charge in [0.05, 0.1) is 18.4 Å². The van der Waals surface area contributed by atoms with E-state index in [-0.39, 0.29) is 18.9 Å². The van der Waals surface area contributed by atoms with Crippen LogP contribution in [0.1, 0.15) is 13.3 Å². The average molecular weight is 220 g/mol. The summed E-state index contributed by atoms with van der Waals surface area (Å²) in [6.45, 7) is 2.34. The van der Waals surface area contributed by atoms with Gasteiger partial charge in [0.2, 0.25) is 10.0 Å². The minimum Gasteiger partial charge on any atom is -0.384 e. The number of ether oxygens (including phenoxy) is 1. The highest BCUT2D eigenvalue weighted by Gasteiger charge is 2.20. The Morgan fingerprint density at radius 3 is 2.57 bits per heavy atom. The van der Waals surface area contributed by atoms with E-state index in [1.807, 2.05) is 13.0 Å². The smallest absolute Gasteiger partial charge is 0.217 e. The number of nitriles is 1. The number of hydrogen-bond acceptors (Lipinski definition) is 4. The molecule has 0 N–H and O–H groups in total. The molecular formula is C8H16N2O3S. The maximum Gasteiger partial charge on any atom is 0.217 e. The summed E-state index contributed by atoms with van der Waals surface area (Å²) in [7, 11) is -1.87. The molecule has 0 bridgehead atoms. The summed E-state index contributed by atoms with van der Waals surface area (Å²) >= 11 is 0. The van der Waals surface area contributed by atoms with E-state index in [1.165, 1.54) is 11.4 Å². The van der Waals surface area contributed by atoms with E-state index in [4.69, 9.17) is 10.00 Å². The molecule has 5 nitrogen and oxygen atoms in total. The Bertz CT molecular complexity index is 281. The Kier molecular flexibility index (Phi) is 6.45. The Morgan fingerprint density at radius 1 is 1.50 bits per heavy atom. The molecule has 0 spiro atoms. The summed E-state index contributed by atoms with van der Waals surface area (Å²) < 4.78 is 29.0. The van der Waals surface area contributed by atoms with Gasteiger partial charge in [-0.25, -0.2) is 8.42 Å². The second-order valence-corrected chi connectivity index (χ2v) is 4.89. The first-order valence-corrected chi connectivity index (χ1v) is 6.03. The van der Waals surface area contributed by atoms with Crippen LogP contribution in [0, 0.1) is 11.3 Å². The van der Waals surface area contributed by atoms with Gasteiger partial charge in [0, 0.05) is 13.7 Å². The average Bonchev–Trinajstić information content (AvgIpc) is 2.14. The number of rotatable bonds is 7. The Morgan fingerprint density at radius 2 is 2.14 bits per heavy atom. The van der Waals surface area contributed by atoms with Crippen molar-refractivity contribution >= 4 is 10.0 Å². The molecule has 14 heavy (non-hydrogen) atoms. The van der Waals surface area contributed by atoms with Gasteiger partial charge < -0.3 is 4.74 Å². The van der Waals surface area contributed by atoms with Crippen LogP contribution in [0.25, 0.3) is 0 Å². The number of methoxy groups -OCH3 is 1. The maximum atomic E-state index is 11.6. The fraction of sp³-hybridized carbons (Fsp3) is 0.875. The van der Waals surface area contributed by atoms with E-state index < -0.39 is 10.0 Å². The first-order valence-electron chi connectivity index (χ1n) is 4.42. The number of nitrogens with zero attached hydrogens (tertiary/aromatic N) is 2. The fourth-order valence-electron chi connectivity index (χ4n) is 0.963. The lowest BCUT2D eigenvalue weighted by Gasteiger charge is -2.17. The van der Waals surface area contributed by atoms with Gasteiger partial charge in [0.25, 0.3) is 0 Å². The molecule has 0 aliphatic carbocycles. The van der Waals surface area contributed by atoms with Crippen molar-refractivity contribution in [3.63, 3.8) is 0 Å². The molecule has 0 aromatic carbocycles. The monoisotopic (exact) mass is 220 g/mol. The molecule has 0 aromatic rings. The van der Waals surface area contributed by atoms with Crippen LogP contribution in [-0.2, 0) is 14.8 Å². The van der Waals surface area contributed by atoms with E-state index in [2.05, 4.69) is 0 Å². The van der Waals surface area contributed by atoms with Crippen LogP contribution < -0.4 is 0 Å². The third-order valence-corrected chi connectivity index (χ3v) is 3.44. The zero-order valence-corrected chi connectivity index (χ0v) is 9.38. The molecule has 6 heteroatoms. The highest BCUT2D eigenvalue weighted by atomic mass is 32.2. The number of hydrogen-bond donors (Lipinski definition) is 0. The van der Waals surface area contributed by atoms with Gasteiger partial charge in [-0.15, -0.1) is 0 Å². The quantitative estimate of drug-likeness (QED) is 0.575. The molecule has 0 rings (SSSR count). The van der Waals surface area contributed by atoms with Crippen LogP contribution in [0.5, 0.6) is 0 Å². The van der Waals surface area contributed by atoms with Crippen molar-refractivity contribution in [2.75, 3.05) is 32.6 Å². The van der Waals surface area contributed by atoms with Crippen molar-refractivity contribution in [2.24, 2.45) is 0 Å². The van der Waals surface area contributed by atoms with Crippen molar-refractivity contribution in [3.05, 3.63) is 0 Å². The minimum absolute atomic E-state index is 0.0643. The van der Waals surface area contributed by atoms with Gasteiger partial charge in [-0.2, -0.15) is 9.57 Å². The van der Waals surface area contributed by atoms with Crippen molar-refractivity contribution in [1.82, 2.24) is 4.31 Å². The highest BCUT2D eigenvalue weighted by Crippen LogP contribution is 2.02. The number of sulfonamides is 1. The van der Waals surface area contributed by atoms with Gasteiger partial charge >= 0.3 is 0 Å². The third-order valence-electron chi connectivity index (χ3n) is 1.66. The van der Waals surface area contributed by atoms with E-state index in [1.54, 1.807) is 0 Å². The molecule has 0 saturated carbocycles. The van der Waals surface area contributed by atoms with E-state index in [0.717, 1.165) is 0 Å². The second kappa shape index (κ2) is 6.76. The Balaban J connectivity index is 4.39. The molecule has 82 valence electrons. The first-order chi connectivity index (χ1) is 6.58. The second-order valence-electron chi connectivity index (χ2n) is 2.80. The molecule has 0 radical (unpaired) electrons. The van der Waals surface area contributed by atoms with Gasteiger partial charge in [0.15, 0.2) is 0 Å². The largest absolute Gasteiger partial charge is 0.384 e. The fourth-order valence-corrected chi connectivity index (χ4v) is 2.31. The molecule has 0 atom stereocenters. The highest BCUT2D eigenvalue weighted by molar-refractivity contribution is 7.89. The Hall–Kier alpha value is -0.640. The van der Waals surface area contributed by atoms with Gasteiger partial charge in [-0.1, -0.05) is 6.92 Å². The van der Waals surface area contributed by atoms with Gasteiger partial charge in [-0.05, 0) is 6.42 Å². The van der Waals surface area contributed by atoms with Crippen LogP contribution in [0.3, 0.4) is 0 Å². The lowest BCUT2D eigenvalue weighted by atomic mass is 10.5. The van der Waals surface area contributed by atoms with Crippen LogP contribution >= 0.6 is 0 Å². The molecule has 0 amide bonds. The van der Waals surface area contributed by atoms with E-state index >= 15 is 0 Å². The van der Waals surface area contributed by atoms with Gasteiger partial charge in [-0.3, -0.25) is 0 Å². The van der Waals surface area contributed by atoms with Crippen molar-refractivity contribution in [2.45, 2.75) is 13.3 Å². The van der Waals surface area contributed by atoms with Crippen LogP contribution in [0.4, 0.5) is 0 Å². The third kappa shape index (κ3) is 4.56. The SMILES string of the molecule is CCCN(CC#N)S(=O)(=O)CCOC. The maximum absolute atomic E-state index is 11.6. The molecule has 0 fully saturated rings. The minimum atomic E-state index is -3.32. The molecule has 0 aliphatic heterocycles. The normalized spacial score (nSPS) is 11.6. The zero-order chi connectivity index (χ0) is 11.0. The molecule has 0 unspecified atom stereocenters. The standard InChI is InChI=1S/C8H16N2O3S/c1-3-5-10(6-4-9)14(11,12)8-7-13-2/h3,5-8H2,1-2H3. The van der Waals surface area contributed by atoms with E-state index in [9.17, 15) is 8.42 Å². The summed E-state index contributed by atoms with van der Waals surface area (Å²) in [4.78, 5) is 0.